The van der Waals surface area contributed by atoms with Gasteiger partial charge in [-0.2, -0.15) is 0 Å². The SMILES string of the molecule is O=C(C1CCOCC1)N1CCCC[C@H]1CCc1ccc(O)cc1. The number of likely N-dealkylation sites (tertiary alicyclic amines) is 1. The summed E-state index contributed by atoms with van der Waals surface area (Å²) >= 11 is 0. The first kappa shape index (κ1) is 16.3. The van der Waals surface area contributed by atoms with Crippen molar-refractivity contribution in [1.29, 1.82) is 0 Å². The summed E-state index contributed by atoms with van der Waals surface area (Å²) in [4.78, 5) is 15.0. The van der Waals surface area contributed by atoms with E-state index in [9.17, 15) is 9.90 Å². The van der Waals surface area contributed by atoms with Crippen LogP contribution in [0.3, 0.4) is 0 Å². The highest BCUT2D eigenvalue weighted by molar-refractivity contribution is 5.79. The van der Waals surface area contributed by atoms with Crippen LogP contribution in [0.5, 0.6) is 5.75 Å². The first-order chi connectivity index (χ1) is 11.2. The van der Waals surface area contributed by atoms with Gasteiger partial charge in [0, 0.05) is 31.7 Å². The molecule has 1 atom stereocenters. The zero-order valence-electron chi connectivity index (χ0n) is 13.7. The van der Waals surface area contributed by atoms with Crippen molar-refractivity contribution in [2.45, 2.75) is 51.0 Å². The van der Waals surface area contributed by atoms with Crippen LogP contribution in [0.15, 0.2) is 24.3 Å². The van der Waals surface area contributed by atoms with Crippen LogP contribution in [0.4, 0.5) is 0 Å². The molecule has 4 heteroatoms. The first-order valence-electron chi connectivity index (χ1n) is 8.90. The number of nitrogens with zero attached hydrogens (tertiary/aromatic N) is 1. The van der Waals surface area contributed by atoms with Gasteiger partial charge in [-0.15, -0.1) is 0 Å². The fourth-order valence-electron chi connectivity index (χ4n) is 3.77. The van der Waals surface area contributed by atoms with E-state index in [1.54, 1.807) is 12.1 Å². The van der Waals surface area contributed by atoms with Crippen molar-refractivity contribution in [3.05, 3.63) is 29.8 Å². The third kappa shape index (κ3) is 4.25. The van der Waals surface area contributed by atoms with Gasteiger partial charge in [0.05, 0.1) is 0 Å². The van der Waals surface area contributed by atoms with Crippen molar-refractivity contribution in [2.24, 2.45) is 5.92 Å². The third-order valence-corrected chi connectivity index (χ3v) is 5.18. The highest BCUT2D eigenvalue weighted by Gasteiger charge is 2.32. The van der Waals surface area contributed by atoms with E-state index in [2.05, 4.69) is 4.90 Å². The van der Waals surface area contributed by atoms with Gasteiger partial charge in [0.1, 0.15) is 5.75 Å². The molecule has 4 nitrogen and oxygen atoms in total. The van der Waals surface area contributed by atoms with E-state index < -0.39 is 0 Å². The molecule has 0 saturated carbocycles. The number of ether oxygens (including phenoxy) is 1. The predicted molar refractivity (Wildman–Crippen MR) is 89.3 cm³/mol. The van der Waals surface area contributed by atoms with Gasteiger partial charge in [-0.1, -0.05) is 12.1 Å². The minimum absolute atomic E-state index is 0.165. The molecule has 0 bridgehead atoms. The van der Waals surface area contributed by atoms with E-state index in [1.165, 1.54) is 12.0 Å². The van der Waals surface area contributed by atoms with Crippen molar-refractivity contribution < 1.29 is 14.6 Å². The molecule has 0 spiro atoms. The Hall–Kier alpha value is -1.55. The molecule has 0 aliphatic carbocycles. The molecule has 23 heavy (non-hydrogen) atoms. The lowest BCUT2D eigenvalue weighted by atomic mass is 9.92. The Morgan fingerprint density at radius 3 is 2.61 bits per heavy atom. The molecule has 0 radical (unpaired) electrons. The van der Waals surface area contributed by atoms with E-state index in [1.807, 2.05) is 12.1 Å². The molecule has 2 heterocycles. The summed E-state index contributed by atoms with van der Waals surface area (Å²) in [6.07, 6.45) is 7.19. The van der Waals surface area contributed by atoms with Gasteiger partial charge in [0.15, 0.2) is 0 Å². The first-order valence-corrected chi connectivity index (χ1v) is 8.90. The topological polar surface area (TPSA) is 49.8 Å². The van der Waals surface area contributed by atoms with Gasteiger partial charge in [-0.05, 0) is 62.6 Å². The molecule has 2 aliphatic rings. The quantitative estimate of drug-likeness (QED) is 0.928. The Morgan fingerprint density at radius 1 is 1.13 bits per heavy atom. The summed E-state index contributed by atoms with van der Waals surface area (Å²) in [5, 5.41) is 9.37. The van der Waals surface area contributed by atoms with Crippen molar-refractivity contribution in [3.63, 3.8) is 0 Å². The molecule has 0 aromatic heterocycles. The average Bonchev–Trinajstić information content (AvgIpc) is 2.62. The van der Waals surface area contributed by atoms with E-state index in [4.69, 9.17) is 4.74 Å². The second-order valence-electron chi connectivity index (χ2n) is 6.77. The van der Waals surface area contributed by atoms with Crippen molar-refractivity contribution in [1.82, 2.24) is 4.90 Å². The fraction of sp³-hybridized carbons (Fsp3) is 0.632. The molecular formula is C19H27NO3. The molecular weight excluding hydrogens is 290 g/mol. The standard InChI is InChI=1S/C19H27NO3/c21-18-8-5-15(6-9-18)4-7-17-3-1-2-12-20(17)19(22)16-10-13-23-14-11-16/h5-6,8-9,16-17,21H,1-4,7,10-14H2/t17-/m0/s1. The third-order valence-electron chi connectivity index (χ3n) is 5.18. The molecule has 126 valence electrons. The van der Waals surface area contributed by atoms with Crippen LogP contribution in [0.25, 0.3) is 0 Å². The maximum Gasteiger partial charge on any atom is 0.226 e. The molecule has 1 amide bonds. The summed E-state index contributed by atoms with van der Waals surface area (Å²) in [6, 6.07) is 7.79. The number of benzene rings is 1. The molecule has 3 rings (SSSR count). The number of carbonyl (C=O) groups excluding carboxylic acids is 1. The van der Waals surface area contributed by atoms with Crippen LogP contribution in [0.1, 0.15) is 44.1 Å². The molecule has 1 N–H and O–H groups in total. The molecule has 1 aromatic carbocycles. The highest BCUT2D eigenvalue weighted by Crippen LogP contribution is 2.26. The summed E-state index contributed by atoms with van der Waals surface area (Å²) in [7, 11) is 0. The van der Waals surface area contributed by atoms with Crippen LogP contribution < -0.4 is 0 Å². The molecule has 2 saturated heterocycles. The van der Waals surface area contributed by atoms with Gasteiger partial charge in [0.25, 0.3) is 0 Å². The van der Waals surface area contributed by atoms with Crippen LogP contribution in [-0.2, 0) is 16.0 Å². The number of amides is 1. The molecule has 2 fully saturated rings. The maximum atomic E-state index is 12.9. The second kappa shape index (κ2) is 7.82. The Kier molecular flexibility index (Phi) is 5.55. The predicted octanol–water partition coefficient (Wildman–Crippen LogP) is 3.13. The summed E-state index contributed by atoms with van der Waals surface area (Å²) < 4.78 is 5.39. The van der Waals surface area contributed by atoms with Gasteiger partial charge in [-0.3, -0.25) is 4.79 Å². The van der Waals surface area contributed by atoms with Crippen LogP contribution in [0, 0.1) is 5.92 Å². The lowest BCUT2D eigenvalue weighted by molar-refractivity contribution is -0.142. The summed E-state index contributed by atoms with van der Waals surface area (Å²) in [5.41, 5.74) is 1.23. The van der Waals surface area contributed by atoms with Gasteiger partial charge >= 0.3 is 0 Å². The monoisotopic (exact) mass is 317 g/mol. The Balaban J connectivity index is 1.59. The number of phenolic OH excluding ortho intramolecular Hbond substituents is 1. The number of piperidine rings is 1. The van der Waals surface area contributed by atoms with E-state index in [0.29, 0.717) is 17.7 Å². The Bertz CT molecular complexity index is 508. The van der Waals surface area contributed by atoms with Crippen molar-refractivity contribution in [3.8, 4) is 5.75 Å². The number of aryl methyl sites for hydroxylation is 1. The Labute approximate surface area is 138 Å². The van der Waals surface area contributed by atoms with Gasteiger partial charge in [-0.25, -0.2) is 0 Å². The Morgan fingerprint density at radius 2 is 1.87 bits per heavy atom. The van der Waals surface area contributed by atoms with E-state index >= 15 is 0 Å². The van der Waals surface area contributed by atoms with Gasteiger partial charge < -0.3 is 14.7 Å². The van der Waals surface area contributed by atoms with Gasteiger partial charge in [0.2, 0.25) is 5.91 Å². The number of phenols is 1. The minimum Gasteiger partial charge on any atom is -0.508 e. The molecule has 1 aromatic rings. The number of hydrogen-bond donors (Lipinski definition) is 1. The number of hydrogen-bond acceptors (Lipinski definition) is 3. The largest absolute Gasteiger partial charge is 0.508 e. The van der Waals surface area contributed by atoms with Crippen LogP contribution >= 0.6 is 0 Å². The van der Waals surface area contributed by atoms with E-state index in [-0.39, 0.29) is 5.92 Å². The maximum absolute atomic E-state index is 12.9. The fourth-order valence-corrected chi connectivity index (χ4v) is 3.77. The number of aromatic hydroxyl groups is 1. The summed E-state index contributed by atoms with van der Waals surface area (Å²) in [6.45, 7) is 2.36. The smallest absolute Gasteiger partial charge is 0.226 e. The zero-order chi connectivity index (χ0) is 16.1. The lowest BCUT2D eigenvalue weighted by Gasteiger charge is -2.38. The molecule has 2 aliphatic heterocycles. The second-order valence-corrected chi connectivity index (χ2v) is 6.77. The number of rotatable bonds is 4. The highest BCUT2D eigenvalue weighted by atomic mass is 16.5. The zero-order valence-corrected chi connectivity index (χ0v) is 13.7. The lowest BCUT2D eigenvalue weighted by Crippen LogP contribution is -2.47. The van der Waals surface area contributed by atoms with Crippen molar-refractivity contribution >= 4 is 5.91 Å². The summed E-state index contributed by atoms with van der Waals surface area (Å²) in [5.74, 6) is 0.824. The minimum atomic E-state index is 0.165. The number of carbonyl (C=O) groups is 1. The van der Waals surface area contributed by atoms with Crippen molar-refractivity contribution in [2.75, 3.05) is 19.8 Å². The normalized spacial score (nSPS) is 23.0. The molecule has 0 unspecified atom stereocenters. The van der Waals surface area contributed by atoms with Crippen LogP contribution in [-0.4, -0.2) is 41.7 Å². The average molecular weight is 317 g/mol. The van der Waals surface area contributed by atoms with Crippen LogP contribution in [0.2, 0.25) is 0 Å². The van der Waals surface area contributed by atoms with E-state index in [0.717, 1.165) is 58.3 Å².